The Labute approximate surface area is 303 Å². The van der Waals surface area contributed by atoms with Crippen LogP contribution in [0.15, 0.2) is 170 Å². The fourth-order valence-corrected chi connectivity index (χ4v) is 6.97. The SMILES string of the molecule is CC1(C)c2ccccc2Oc2ccc(-c3cc(-c4cccc(-c5nc(-c6ccccc6)cc(-c6ccccc6)n5)c4)nc(-c4ccccc4)n3)cc21. The van der Waals surface area contributed by atoms with E-state index in [0.717, 1.165) is 73.2 Å². The van der Waals surface area contributed by atoms with Crippen LogP contribution in [0, 0.1) is 0 Å². The van der Waals surface area contributed by atoms with Crippen LogP contribution in [0.25, 0.3) is 67.8 Å². The summed E-state index contributed by atoms with van der Waals surface area (Å²) in [6, 6.07) is 57.7. The quantitative estimate of drug-likeness (QED) is 0.176. The smallest absolute Gasteiger partial charge is 0.160 e. The molecule has 0 fully saturated rings. The van der Waals surface area contributed by atoms with Gasteiger partial charge in [-0.05, 0) is 42.5 Å². The van der Waals surface area contributed by atoms with Crippen molar-refractivity contribution < 1.29 is 4.74 Å². The Bertz CT molecular complexity index is 2510. The molecule has 0 amide bonds. The van der Waals surface area contributed by atoms with Crippen LogP contribution < -0.4 is 4.74 Å². The molecule has 5 nitrogen and oxygen atoms in total. The summed E-state index contributed by atoms with van der Waals surface area (Å²) in [5.74, 6) is 3.07. The molecule has 3 heterocycles. The van der Waals surface area contributed by atoms with Crippen molar-refractivity contribution in [3.8, 4) is 79.3 Å². The Morgan fingerprint density at radius 3 is 1.40 bits per heavy atom. The van der Waals surface area contributed by atoms with E-state index in [0.29, 0.717) is 11.6 Å². The summed E-state index contributed by atoms with van der Waals surface area (Å²) < 4.78 is 6.37. The van der Waals surface area contributed by atoms with Gasteiger partial charge in [0.25, 0.3) is 0 Å². The van der Waals surface area contributed by atoms with Crippen molar-refractivity contribution in [1.82, 2.24) is 19.9 Å². The van der Waals surface area contributed by atoms with Gasteiger partial charge in [0.2, 0.25) is 0 Å². The van der Waals surface area contributed by atoms with Gasteiger partial charge in [0, 0.05) is 49.9 Å². The van der Waals surface area contributed by atoms with E-state index in [9.17, 15) is 0 Å². The molecular weight excluding hydrogens is 637 g/mol. The van der Waals surface area contributed by atoms with Crippen LogP contribution in [0.2, 0.25) is 0 Å². The number of aromatic nitrogens is 4. The average molecular weight is 671 g/mol. The maximum absolute atomic E-state index is 6.37. The zero-order chi connectivity index (χ0) is 35.1. The van der Waals surface area contributed by atoms with Gasteiger partial charge in [0.05, 0.1) is 22.8 Å². The fraction of sp³-hybridized carbons (Fsp3) is 0.0638. The second-order valence-corrected chi connectivity index (χ2v) is 13.5. The molecule has 0 atom stereocenters. The molecular formula is C47H34N4O. The predicted octanol–water partition coefficient (Wildman–Crippen LogP) is 11.7. The number of nitrogens with zero attached hydrogens (tertiary/aromatic N) is 4. The number of fused-ring (bicyclic) bond motifs is 2. The van der Waals surface area contributed by atoms with Crippen molar-refractivity contribution in [2.45, 2.75) is 19.3 Å². The van der Waals surface area contributed by atoms with Crippen LogP contribution in [0.5, 0.6) is 11.5 Å². The second kappa shape index (κ2) is 12.9. The second-order valence-electron chi connectivity index (χ2n) is 13.5. The molecule has 0 saturated carbocycles. The summed E-state index contributed by atoms with van der Waals surface area (Å²) in [5, 5.41) is 0. The monoisotopic (exact) mass is 670 g/mol. The van der Waals surface area contributed by atoms with E-state index in [1.165, 1.54) is 5.56 Å². The number of rotatable bonds is 6. The van der Waals surface area contributed by atoms with Crippen LogP contribution in [0.3, 0.4) is 0 Å². The Balaban J connectivity index is 1.17. The minimum Gasteiger partial charge on any atom is -0.457 e. The largest absolute Gasteiger partial charge is 0.457 e. The summed E-state index contributed by atoms with van der Waals surface area (Å²) in [6.45, 7) is 4.50. The van der Waals surface area contributed by atoms with Gasteiger partial charge in [-0.15, -0.1) is 0 Å². The lowest BCUT2D eigenvalue weighted by Gasteiger charge is -2.34. The van der Waals surface area contributed by atoms with E-state index in [-0.39, 0.29) is 5.41 Å². The minimum atomic E-state index is -0.250. The summed E-state index contributed by atoms with van der Waals surface area (Å²) in [5.41, 5.74) is 11.3. The van der Waals surface area contributed by atoms with Crippen LogP contribution in [0.1, 0.15) is 25.0 Å². The lowest BCUT2D eigenvalue weighted by molar-refractivity contribution is 0.418. The highest BCUT2D eigenvalue weighted by molar-refractivity contribution is 5.77. The fourth-order valence-electron chi connectivity index (χ4n) is 6.97. The highest BCUT2D eigenvalue weighted by Gasteiger charge is 2.34. The lowest BCUT2D eigenvalue weighted by Crippen LogP contribution is -2.24. The van der Waals surface area contributed by atoms with Gasteiger partial charge in [-0.3, -0.25) is 0 Å². The zero-order valence-corrected chi connectivity index (χ0v) is 28.9. The number of hydrogen-bond acceptors (Lipinski definition) is 5. The van der Waals surface area contributed by atoms with Crippen LogP contribution in [-0.4, -0.2) is 19.9 Å². The summed E-state index contributed by atoms with van der Waals surface area (Å²) in [6.07, 6.45) is 0. The Kier molecular flexibility index (Phi) is 7.74. The molecule has 52 heavy (non-hydrogen) atoms. The molecule has 1 aliphatic rings. The van der Waals surface area contributed by atoms with Crippen LogP contribution in [0.4, 0.5) is 0 Å². The van der Waals surface area contributed by atoms with E-state index in [2.05, 4.69) is 98.8 Å². The minimum absolute atomic E-state index is 0.250. The average Bonchev–Trinajstić information content (AvgIpc) is 3.21. The Morgan fingerprint density at radius 1 is 0.346 bits per heavy atom. The molecule has 0 radical (unpaired) electrons. The molecule has 2 aromatic heterocycles. The molecule has 1 aliphatic heterocycles. The van der Waals surface area contributed by atoms with Crippen LogP contribution >= 0.6 is 0 Å². The summed E-state index contributed by atoms with van der Waals surface area (Å²) in [4.78, 5) is 20.4. The van der Waals surface area contributed by atoms with Crippen molar-refractivity contribution in [1.29, 1.82) is 0 Å². The number of ether oxygens (including phenoxy) is 1. The van der Waals surface area contributed by atoms with Crippen molar-refractivity contribution in [3.05, 3.63) is 181 Å². The van der Waals surface area contributed by atoms with Gasteiger partial charge in [-0.25, -0.2) is 19.9 Å². The molecule has 8 aromatic rings. The molecule has 0 bridgehead atoms. The first-order chi connectivity index (χ1) is 25.5. The van der Waals surface area contributed by atoms with Gasteiger partial charge in [0.15, 0.2) is 11.6 Å². The number of hydrogen-bond donors (Lipinski definition) is 0. The maximum atomic E-state index is 6.37. The van der Waals surface area contributed by atoms with Gasteiger partial charge in [0.1, 0.15) is 11.5 Å². The van der Waals surface area contributed by atoms with E-state index in [1.54, 1.807) is 0 Å². The standard InChI is InChI=1S/C47H34N4O/c1-47(2)37-23-12-13-24-43(37)52-44-26-25-35(28-38(44)47)42-30-41(50-45(51-42)33-19-10-5-11-20-33)34-21-14-22-36(27-34)46-48-39(31-15-6-3-7-16-31)29-40(49-46)32-17-8-4-9-18-32/h3-30H,1-2H3. The maximum Gasteiger partial charge on any atom is 0.160 e. The van der Waals surface area contributed by atoms with Gasteiger partial charge in [-0.1, -0.05) is 141 Å². The molecule has 0 N–H and O–H groups in total. The van der Waals surface area contributed by atoms with Gasteiger partial charge >= 0.3 is 0 Å². The number of benzene rings is 6. The van der Waals surface area contributed by atoms with E-state index < -0.39 is 0 Å². The Morgan fingerprint density at radius 2 is 0.788 bits per heavy atom. The predicted molar refractivity (Wildman–Crippen MR) is 209 cm³/mol. The third-order valence-corrected chi connectivity index (χ3v) is 9.77. The van der Waals surface area contributed by atoms with E-state index >= 15 is 0 Å². The summed E-state index contributed by atoms with van der Waals surface area (Å²) >= 11 is 0. The molecule has 0 saturated heterocycles. The van der Waals surface area contributed by atoms with E-state index in [1.807, 2.05) is 84.9 Å². The third-order valence-electron chi connectivity index (χ3n) is 9.77. The molecule has 0 unspecified atom stereocenters. The molecule has 5 heteroatoms. The first-order valence-corrected chi connectivity index (χ1v) is 17.5. The number of para-hydroxylation sites is 1. The molecule has 248 valence electrons. The molecule has 0 spiro atoms. The Hall–Kier alpha value is -6.72. The normalized spacial score (nSPS) is 12.7. The van der Waals surface area contributed by atoms with Crippen molar-refractivity contribution >= 4 is 0 Å². The topological polar surface area (TPSA) is 60.8 Å². The zero-order valence-electron chi connectivity index (χ0n) is 28.9. The summed E-state index contributed by atoms with van der Waals surface area (Å²) in [7, 11) is 0. The molecule has 0 aliphatic carbocycles. The molecule has 6 aromatic carbocycles. The third kappa shape index (κ3) is 5.82. The van der Waals surface area contributed by atoms with Gasteiger partial charge < -0.3 is 4.74 Å². The highest BCUT2D eigenvalue weighted by Crippen LogP contribution is 2.48. The first-order valence-electron chi connectivity index (χ1n) is 17.5. The van der Waals surface area contributed by atoms with Gasteiger partial charge in [-0.2, -0.15) is 0 Å². The van der Waals surface area contributed by atoms with Crippen LogP contribution in [-0.2, 0) is 5.41 Å². The highest BCUT2D eigenvalue weighted by atomic mass is 16.5. The first kappa shape index (κ1) is 31.3. The van der Waals surface area contributed by atoms with E-state index in [4.69, 9.17) is 24.7 Å². The van der Waals surface area contributed by atoms with Crippen molar-refractivity contribution in [2.24, 2.45) is 0 Å². The molecule has 9 rings (SSSR count). The van der Waals surface area contributed by atoms with Crippen molar-refractivity contribution in [2.75, 3.05) is 0 Å². The van der Waals surface area contributed by atoms with Crippen molar-refractivity contribution in [3.63, 3.8) is 0 Å². The lowest BCUT2D eigenvalue weighted by atomic mass is 9.75.